The molecule has 0 aliphatic rings. The highest BCUT2D eigenvalue weighted by Crippen LogP contribution is 2.27. The molecule has 2 rings (SSSR count). The number of halogens is 1. The van der Waals surface area contributed by atoms with Crippen LogP contribution >= 0.6 is 0 Å². The van der Waals surface area contributed by atoms with E-state index in [2.05, 4.69) is 5.32 Å². The van der Waals surface area contributed by atoms with Gasteiger partial charge in [0.15, 0.2) is 0 Å². The first kappa shape index (κ1) is 19.9. The summed E-state index contributed by atoms with van der Waals surface area (Å²) in [5, 5.41) is 2.82. The number of carbonyl (C=O) groups is 1. The van der Waals surface area contributed by atoms with Gasteiger partial charge in [-0.05, 0) is 48.2 Å². The molecule has 0 radical (unpaired) electrons. The Morgan fingerprint density at radius 2 is 1.77 bits per heavy atom. The summed E-state index contributed by atoms with van der Waals surface area (Å²) in [5.41, 5.74) is 2.81. The molecule has 0 aliphatic heterocycles. The molecule has 0 heterocycles. The highest BCUT2D eigenvalue weighted by atomic mass is 32.2. The zero-order chi connectivity index (χ0) is 19.5. The minimum absolute atomic E-state index is 0.202. The third-order valence-corrected chi connectivity index (χ3v) is 5.13. The zero-order valence-corrected chi connectivity index (χ0v) is 16.1. The Morgan fingerprint density at radius 3 is 2.31 bits per heavy atom. The molecular weight excluding hydrogens is 355 g/mol. The Bertz CT molecular complexity index is 894. The molecule has 0 aliphatic carbocycles. The number of rotatable bonds is 6. The molecule has 2 aromatic rings. The molecule has 0 spiro atoms. The molecule has 7 heteroatoms. The lowest BCUT2D eigenvalue weighted by Crippen LogP contribution is -2.37. The number of nitrogens with zero attached hydrogens (tertiary/aromatic N) is 1. The van der Waals surface area contributed by atoms with Crippen LogP contribution in [-0.4, -0.2) is 27.1 Å². The number of anilines is 2. The number of aryl methyl sites for hydroxylation is 1. The predicted molar refractivity (Wildman–Crippen MR) is 102 cm³/mol. The van der Waals surface area contributed by atoms with Gasteiger partial charge in [0.1, 0.15) is 12.4 Å². The van der Waals surface area contributed by atoms with Crippen molar-refractivity contribution in [1.29, 1.82) is 0 Å². The van der Waals surface area contributed by atoms with E-state index < -0.39 is 28.3 Å². The van der Waals surface area contributed by atoms with Gasteiger partial charge in [0, 0.05) is 5.69 Å². The summed E-state index contributed by atoms with van der Waals surface area (Å²) in [4.78, 5) is 12.5. The first-order chi connectivity index (χ1) is 12.1. The third kappa shape index (κ3) is 4.82. The van der Waals surface area contributed by atoms with Crippen molar-refractivity contribution in [3.63, 3.8) is 0 Å². The number of hydrogen-bond acceptors (Lipinski definition) is 3. The Labute approximate surface area is 153 Å². The topological polar surface area (TPSA) is 66.5 Å². The fraction of sp³-hybridized carbons (Fsp3) is 0.316. The molecule has 0 fully saturated rings. The van der Waals surface area contributed by atoms with Gasteiger partial charge in [0.2, 0.25) is 15.9 Å². The van der Waals surface area contributed by atoms with Crippen LogP contribution < -0.4 is 9.62 Å². The van der Waals surface area contributed by atoms with Gasteiger partial charge in [-0.25, -0.2) is 12.8 Å². The number of carbonyl (C=O) groups excluding carboxylic acids is 1. The van der Waals surface area contributed by atoms with Crippen LogP contribution in [0.25, 0.3) is 0 Å². The van der Waals surface area contributed by atoms with Gasteiger partial charge in [-0.1, -0.05) is 32.0 Å². The molecule has 0 atom stereocenters. The van der Waals surface area contributed by atoms with E-state index in [9.17, 15) is 17.6 Å². The summed E-state index contributed by atoms with van der Waals surface area (Å²) < 4.78 is 38.3. The molecular formula is C19H23FN2O3S. The van der Waals surface area contributed by atoms with Crippen LogP contribution in [0, 0.1) is 12.7 Å². The molecule has 0 unspecified atom stereocenters. The predicted octanol–water partition coefficient (Wildman–Crippen LogP) is 3.66. The molecule has 26 heavy (non-hydrogen) atoms. The average Bonchev–Trinajstić information content (AvgIpc) is 2.54. The molecule has 0 saturated heterocycles. The van der Waals surface area contributed by atoms with E-state index in [4.69, 9.17) is 0 Å². The molecule has 1 N–H and O–H groups in total. The average molecular weight is 378 g/mol. The molecule has 1 amide bonds. The van der Waals surface area contributed by atoms with Crippen LogP contribution in [0.2, 0.25) is 0 Å². The summed E-state index contributed by atoms with van der Waals surface area (Å²) in [7, 11) is -3.70. The number of sulfonamides is 1. The van der Waals surface area contributed by atoms with E-state index in [-0.39, 0.29) is 11.6 Å². The van der Waals surface area contributed by atoms with Crippen molar-refractivity contribution in [3.8, 4) is 0 Å². The largest absolute Gasteiger partial charge is 0.324 e. The van der Waals surface area contributed by atoms with Crippen LogP contribution in [0.1, 0.15) is 30.9 Å². The lowest BCUT2D eigenvalue weighted by Gasteiger charge is -2.23. The van der Waals surface area contributed by atoms with Crippen LogP contribution in [0.4, 0.5) is 15.8 Å². The van der Waals surface area contributed by atoms with Gasteiger partial charge in [-0.15, -0.1) is 0 Å². The minimum Gasteiger partial charge on any atom is -0.324 e. The van der Waals surface area contributed by atoms with Crippen molar-refractivity contribution in [2.24, 2.45) is 0 Å². The lowest BCUT2D eigenvalue weighted by atomic mass is 9.98. The summed E-state index contributed by atoms with van der Waals surface area (Å²) >= 11 is 0. The second kappa shape index (κ2) is 7.86. The van der Waals surface area contributed by atoms with Gasteiger partial charge in [0.05, 0.1) is 11.9 Å². The monoisotopic (exact) mass is 378 g/mol. The number of para-hydroxylation sites is 1. The van der Waals surface area contributed by atoms with Crippen LogP contribution in [-0.2, 0) is 14.8 Å². The van der Waals surface area contributed by atoms with Gasteiger partial charge in [0.25, 0.3) is 0 Å². The van der Waals surface area contributed by atoms with E-state index in [0.29, 0.717) is 5.69 Å². The van der Waals surface area contributed by atoms with E-state index in [0.717, 1.165) is 33.8 Å². The second-order valence-corrected chi connectivity index (χ2v) is 8.39. The summed E-state index contributed by atoms with van der Waals surface area (Å²) in [6, 6.07) is 10.7. The third-order valence-electron chi connectivity index (χ3n) is 3.99. The Kier molecular flexibility index (Phi) is 6.02. The highest BCUT2D eigenvalue weighted by Gasteiger charge is 2.22. The summed E-state index contributed by atoms with van der Waals surface area (Å²) in [6.07, 6.45) is 1.01. The second-order valence-electron chi connectivity index (χ2n) is 6.49. The number of nitrogens with one attached hydrogen (secondary N) is 1. The van der Waals surface area contributed by atoms with E-state index >= 15 is 0 Å². The van der Waals surface area contributed by atoms with Crippen molar-refractivity contribution in [2.45, 2.75) is 26.7 Å². The quantitative estimate of drug-likeness (QED) is 0.834. The fourth-order valence-electron chi connectivity index (χ4n) is 2.66. The van der Waals surface area contributed by atoms with Crippen molar-refractivity contribution >= 4 is 27.3 Å². The first-order valence-corrected chi connectivity index (χ1v) is 10.1. The first-order valence-electron chi connectivity index (χ1n) is 8.22. The Balaban J connectivity index is 2.28. The van der Waals surface area contributed by atoms with Gasteiger partial charge < -0.3 is 5.32 Å². The molecule has 140 valence electrons. The normalized spacial score (nSPS) is 11.5. The van der Waals surface area contributed by atoms with Crippen molar-refractivity contribution in [1.82, 2.24) is 0 Å². The maximum absolute atomic E-state index is 13.1. The van der Waals surface area contributed by atoms with Crippen LogP contribution in [0.3, 0.4) is 0 Å². The highest BCUT2D eigenvalue weighted by molar-refractivity contribution is 7.92. The number of amides is 1. The van der Waals surface area contributed by atoms with E-state index in [1.165, 1.54) is 12.1 Å². The zero-order valence-electron chi connectivity index (χ0n) is 15.3. The van der Waals surface area contributed by atoms with E-state index in [1.807, 2.05) is 39.0 Å². The number of hydrogen-bond donors (Lipinski definition) is 1. The smallest absolute Gasteiger partial charge is 0.245 e. The van der Waals surface area contributed by atoms with Gasteiger partial charge >= 0.3 is 0 Å². The SMILES string of the molecule is Cc1cccc(C(C)C)c1NC(=O)CN(c1ccc(F)cc1)S(C)(=O)=O. The maximum atomic E-state index is 13.1. The molecule has 5 nitrogen and oxygen atoms in total. The van der Waals surface area contributed by atoms with Gasteiger partial charge in [-0.2, -0.15) is 0 Å². The standard InChI is InChI=1S/C19H23FN2O3S/c1-13(2)17-7-5-6-14(3)19(17)21-18(23)12-22(26(4,24)25)16-10-8-15(20)9-11-16/h5-11,13H,12H2,1-4H3,(H,21,23). The van der Waals surface area contributed by atoms with Crippen LogP contribution in [0.5, 0.6) is 0 Å². The molecule has 2 aromatic carbocycles. The fourth-order valence-corrected chi connectivity index (χ4v) is 3.52. The van der Waals surface area contributed by atoms with E-state index in [1.54, 1.807) is 0 Å². The number of benzene rings is 2. The molecule has 0 bridgehead atoms. The molecule has 0 aromatic heterocycles. The summed E-state index contributed by atoms with van der Waals surface area (Å²) in [5.74, 6) is -0.739. The van der Waals surface area contributed by atoms with Crippen LogP contribution in [0.15, 0.2) is 42.5 Å². The van der Waals surface area contributed by atoms with Crippen molar-refractivity contribution < 1.29 is 17.6 Å². The minimum atomic E-state index is -3.70. The maximum Gasteiger partial charge on any atom is 0.245 e. The van der Waals surface area contributed by atoms with Gasteiger partial charge in [-0.3, -0.25) is 9.10 Å². The summed E-state index contributed by atoms with van der Waals surface area (Å²) in [6.45, 7) is 5.53. The van der Waals surface area contributed by atoms with Crippen molar-refractivity contribution in [3.05, 3.63) is 59.4 Å². The van der Waals surface area contributed by atoms with Crippen molar-refractivity contribution in [2.75, 3.05) is 22.4 Å². The molecule has 0 saturated carbocycles. The lowest BCUT2D eigenvalue weighted by molar-refractivity contribution is -0.114. The Hall–Kier alpha value is -2.41. The Morgan fingerprint density at radius 1 is 1.15 bits per heavy atom.